The van der Waals surface area contributed by atoms with E-state index in [1.807, 2.05) is 13.0 Å². The van der Waals surface area contributed by atoms with Crippen molar-refractivity contribution in [1.82, 2.24) is 4.31 Å². The van der Waals surface area contributed by atoms with Crippen LogP contribution in [0.25, 0.3) is 11.0 Å². The minimum absolute atomic E-state index is 0.0414. The Kier molecular flexibility index (Phi) is 7.78. The number of nitrogens with one attached hydrogen (secondary N) is 1. The number of amides is 1. The van der Waals surface area contributed by atoms with Gasteiger partial charge in [-0.15, -0.1) is 0 Å². The summed E-state index contributed by atoms with van der Waals surface area (Å²) in [5.41, 5.74) is 2.29. The molecule has 182 valence electrons. The number of aryl methyl sites for hydroxylation is 2. The Morgan fingerprint density at radius 3 is 2.44 bits per heavy atom. The van der Waals surface area contributed by atoms with Crippen LogP contribution in [-0.4, -0.2) is 38.8 Å². The molecule has 0 fully saturated rings. The number of anilines is 1. The van der Waals surface area contributed by atoms with Gasteiger partial charge in [0.2, 0.25) is 15.9 Å². The number of hydrogen-bond donors (Lipinski definition) is 1. The summed E-state index contributed by atoms with van der Waals surface area (Å²) in [5, 5.41) is 3.57. The first-order valence-corrected chi connectivity index (χ1v) is 12.6. The van der Waals surface area contributed by atoms with Gasteiger partial charge >= 0.3 is 5.63 Å². The molecule has 0 aliphatic heterocycles. The Morgan fingerprint density at radius 2 is 1.79 bits per heavy atom. The highest BCUT2D eigenvalue weighted by Crippen LogP contribution is 2.25. The van der Waals surface area contributed by atoms with Gasteiger partial charge in [-0.2, -0.15) is 4.31 Å². The van der Waals surface area contributed by atoms with Crippen molar-refractivity contribution in [1.29, 1.82) is 0 Å². The van der Waals surface area contributed by atoms with Gasteiger partial charge in [0.1, 0.15) is 11.3 Å². The number of ether oxygens (including phenoxy) is 1. The third-order valence-corrected chi connectivity index (χ3v) is 7.97. The lowest BCUT2D eigenvalue weighted by molar-refractivity contribution is -0.116. The second-order valence-electron chi connectivity index (χ2n) is 7.97. The number of fused-ring (bicyclic) bond motifs is 1. The fraction of sp³-hybridized carbons (Fsp3) is 0.360. The number of hydrogen-bond acceptors (Lipinski definition) is 6. The predicted molar refractivity (Wildman–Crippen MR) is 132 cm³/mol. The molecule has 2 aromatic carbocycles. The average molecular weight is 487 g/mol. The number of nitrogens with zero attached hydrogens (tertiary/aromatic N) is 1. The van der Waals surface area contributed by atoms with E-state index in [1.165, 1.54) is 23.5 Å². The van der Waals surface area contributed by atoms with Crippen LogP contribution in [0, 0.1) is 13.8 Å². The molecule has 0 bridgehead atoms. The fourth-order valence-corrected chi connectivity index (χ4v) is 5.34. The topological polar surface area (TPSA) is 106 Å². The summed E-state index contributed by atoms with van der Waals surface area (Å²) < 4.78 is 37.7. The van der Waals surface area contributed by atoms with Crippen LogP contribution in [-0.2, 0) is 21.2 Å². The molecule has 0 atom stereocenters. The van der Waals surface area contributed by atoms with Crippen LogP contribution in [0.5, 0.6) is 5.75 Å². The Bertz CT molecular complexity index is 1370. The number of carbonyl (C=O) groups is 1. The first kappa shape index (κ1) is 25.5. The lowest BCUT2D eigenvalue weighted by atomic mass is 10.0. The Balaban J connectivity index is 1.79. The van der Waals surface area contributed by atoms with Crippen molar-refractivity contribution in [2.24, 2.45) is 0 Å². The molecule has 0 spiro atoms. The van der Waals surface area contributed by atoms with Crippen molar-refractivity contribution in [2.45, 2.75) is 45.4 Å². The number of carbonyl (C=O) groups excluding carboxylic acids is 1. The SMILES string of the molecule is CCN(CC)S(=O)(=O)c1ccc(C)c(NC(=O)CCc2c(C)c3ccc(OC)cc3oc2=O)c1. The molecule has 34 heavy (non-hydrogen) atoms. The molecule has 0 radical (unpaired) electrons. The van der Waals surface area contributed by atoms with Crippen molar-refractivity contribution in [3.63, 3.8) is 0 Å². The smallest absolute Gasteiger partial charge is 0.339 e. The molecule has 3 rings (SSSR count). The Morgan fingerprint density at radius 1 is 1.09 bits per heavy atom. The molecule has 0 unspecified atom stereocenters. The van der Waals surface area contributed by atoms with Crippen LogP contribution >= 0.6 is 0 Å². The van der Waals surface area contributed by atoms with Gasteiger partial charge in [0.25, 0.3) is 0 Å². The standard InChI is InChI=1S/C25H30N2O6S/c1-6-27(7-2)34(30,31)19-10-8-16(3)22(15-19)26-24(28)13-12-21-17(4)20-11-9-18(32-5)14-23(20)33-25(21)29/h8-11,14-15H,6-7,12-13H2,1-5H3,(H,26,28). The highest BCUT2D eigenvalue weighted by molar-refractivity contribution is 7.89. The van der Waals surface area contributed by atoms with Gasteiger partial charge in [0.15, 0.2) is 0 Å². The third-order valence-electron chi connectivity index (χ3n) is 5.92. The van der Waals surface area contributed by atoms with E-state index in [1.54, 1.807) is 39.0 Å². The monoisotopic (exact) mass is 486 g/mol. The largest absolute Gasteiger partial charge is 0.497 e. The van der Waals surface area contributed by atoms with Gasteiger partial charge in [-0.3, -0.25) is 4.79 Å². The van der Waals surface area contributed by atoms with E-state index in [0.717, 1.165) is 16.5 Å². The zero-order chi connectivity index (χ0) is 25.0. The predicted octanol–water partition coefficient (Wildman–Crippen LogP) is 4.02. The Labute approximate surface area is 199 Å². The lowest BCUT2D eigenvalue weighted by Gasteiger charge is -2.19. The van der Waals surface area contributed by atoms with E-state index in [-0.39, 0.29) is 23.6 Å². The van der Waals surface area contributed by atoms with Gasteiger partial charge in [-0.25, -0.2) is 13.2 Å². The summed E-state index contributed by atoms with van der Waals surface area (Å²) in [7, 11) is -2.11. The average Bonchev–Trinajstić information content (AvgIpc) is 2.80. The second-order valence-corrected chi connectivity index (χ2v) is 9.91. The maximum absolute atomic E-state index is 12.8. The minimum atomic E-state index is -3.65. The molecular weight excluding hydrogens is 456 g/mol. The summed E-state index contributed by atoms with van der Waals surface area (Å²) in [5.74, 6) is 0.261. The summed E-state index contributed by atoms with van der Waals surface area (Å²) in [6.07, 6.45) is 0.234. The molecule has 1 N–H and O–H groups in total. The summed E-state index contributed by atoms with van der Waals surface area (Å²) in [6, 6.07) is 9.95. The van der Waals surface area contributed by atoms with E-state index in [4.69, 9.17) is 9.15 Å². The van der Waals surface area contributed by atoms with Gasteiger partial charge in [-0.05, 0) is 55.7 Å². The lowest BCUT2D eigenvalue weighted by Crippen LogP contribution is -2.30. The first-order valence-electron chi connectivity index (χ1n) is 11.1. The zero-order valence-corrected chi connectivity index (χ0v) is 20.9. The summed E-state index contributed by atoms with van der Waals surface area (Å²) >= 11 is 0. The zero-order valence-electron chi connectivity index (χ0n) is 20.1. The second kappa shape index (κ2) is 10.4. The molecule has 3 aromatic rings. The molecule has 1 heterocycles. The van der Waals surface area contributed by atoms with E-state index in [9.17, 15) is 18.0 Å². The third kappa shape index (κ3) is 5.15. The van der Waals surface area contributed by atoms with Crippen LogP contribution in [0.1, 0.15) is 37.0 Å². The fourth-order valence-electron chi connectivity index (χ4n) is 3.85. The highest BCUT2D eigenvalue weighted by Gasteiger charge is 2.22. The van der Waals surface area contributed by atoms with Gasteiger partial charge in [0, 0.05) is 42.2 Å². The summed E-state index contributed by atoms with van der Waals surface area (Å²) in [4.78, 5) is 25.4. The van der Waals surface area contributed by atoms with Crippen molar-refractivity contribution in [2.75, 3.05) is 25.5 Å². The van der Waals surface area contributed by atoms with Crippen LogP contribution in [0.15, 0.2) is 50.5 Å². The van der Waals surface area contributed by atoms with Crippen LogP contribution in [0.2, 0.25) is 0 Å². The molecule has 8 nitrogen and oxygen atoms in total. The molecule has 1 amide bonds. The van der Waals surface area contributed by atoms with Gasteiger partial charge in [-0.1, -0.05) is 19.9 Å². The molecule has 9 heteroatoms. The normalized spacial score (nSPS) is 11.7. The Hall–Kier alpha value is -3.17. The van der Waals surface area contributed by atoms with E-state index >= 15 is 0 Å². The molecular formula is C25H30N2O6S. The van der Waals surface area contributed by atoms with Crippen LogP contribution < -0.4 is 15.7 Å². The number of sulfonamides is 1. The number of rotatable bonds is 9. The molecule has 0 saturated carbocycles. The van der Waals surface area contributed by atoms with E-state index < -0.39 is 15.6 Å². The first-order chi connectivity index (χ1) is 16.1. The van der Waals surface area contributed by atoms with Crippen molar-refractivity contribution in [3.8, 4) is 5.75 Å². The molecule has 0 saturated heterocycles. The number of benzene rings is 2. The van der Waals surface area contributed by atoms with Gasteiger partial charge in [0.05, 0.1) is 12.0 Å². The minimum Gasteiger partial charge on any atom is -0.497 e. The summed E-state index contributed by atoms with van der Waals surface area (Å²) in [6.45, 7) is 7.88. The van der Waals surface area contributed by atoms with Crippen LogP contribution in [0.3, 0.4) is 0 Å². The van der Waals surface area contributed by atoms with E-state index in [2.05, 4.69) is 5.32 Å². The maximum atomic E-state index is 12.8. The number of methoxy groups -OCH3 is 1. The van der Waals surface area contributed by atoms with Crippen LogP contribution in [0.4, 0.5) is 5.69 Å². The van der Waals surface area contributed by atoms with Gasteiger partial charge < -0.3 is 14.5 Å². The molecule has 0 aliphatic rings. The maximum Gasteiger partial charge on any atom is 0.339 e. The van der Waals surface area contributed by atoms with Crippen molar-refractivity contribution in [3.05, 3.63) is 63.5 Å². The quantitative estimate of drug-likeness (QED) is 0.458. The molecule has 1 aromatic heterocycles. The van der Waals surface area contributed by atoms with E-state index in [0.29, 0.717) is 35.7 Å². The van der Waals surface area contributed by atoms with Crippen molar-refractivity contribution < 1.29 is 22.4 Å². The highest BCUT2D eigenvalue weighted by atomic mass is 32.2. The van der Waals surface area contributed by atoms with Crippen molar-refractivity contribution >= 4 is 32.6 Å². The molecule has 0 aliphatic carbocycles.